The number of amides is 2. The highest BCUT2D eigenvalue weighted by atomic mass is 35.5. The molecule has 1 aliphatic carbocycles. The molecule has 146 valence electrons. The van der Waals surface area contributed by atoms with Gasteiger partial charge in [0.05, 0.1) is 25.2 Å². The van der Waals surface area contributed by atoms with E-state index in [1.807, 2.05) is 34.1 Å². The molecule has 0 N–H and O–H groups in total. The lowest BCUT2D eigenvalue weighted by atomic mass is 9.94. The molecule has 0 spiro atoms. The van der Waals surface area contributed by atoms with Gasteiger partial charge in [0.25, 0.3) is 0 Å². The number of hydrogen-bond donors (Lipinski definition) is 0. The van der Waals surface area contributed by atoms with E-state index >= 15 is 0 Å². The van der Waals surface area contributed by atoms with Crippen molar-refractivity contribution in [2.75, 3.05) is 59.0 Å². The summed E-state index contributed by atoms with van der Waals surface area (Å²) in [6.07, 6.45) is 1.79. The number of piperazine rings is 1. The van der Waals surface area contributed by atoms with Crippen LogP contribution in [0.25, 0.3) is 0 Å². The van der Waals surface area contributed by atoms with Crippen LogP contribution in [-0.4, -0.2) is 85.5 Å². The van der Waals surface area contributed by atoms with Crippen molar-refractivity contribution in [2.45, 2.75) is 18.3 Å². The number of ether oxygens (including phenoxy) is 1. The molecular weight excluding hydrogens is 366 g/mol. The fourth-order valence-corrected chi connectivity index (χ4v) is 4.16. The summed E-state index contributed by atoms with van der Waals surface area (Å²) in [4.78, 5) is 31.6. The van der Waals surface area contributed by atoms with E-state index in [-0.39, 0.29) is 17.2 Å². The highest BCUT2D eigenvalue weighted by molar-refractivity contribution is 6.30. The second kappa shape index (κ2) is 7.78. The molecule has 1 saturated carbocycles. The van der Waals surface area contributed by atoms with E-state index in [1.54, 1.807) is 0 Å². The van der Waals surface area contributed by atoms with Gasteiger partial charge >= 0.3 is 0 Å². The van der Waals surface area contributed by atoms with Gasteiger partial charge in [-0.1, -0.05) is 23.7 Å². The summed E-state index contributed by atoms with van der Waals surface area (Å²) in [6, 6.07) is 7.64. The van der Waals surface area contributed by atoms with E-state index in [4.69, 9.17) is 16.3 Å². The van der Waals surface area contributed by atoms with Gasteiger partial charge in [-0.15, -0.1) is 0 Å². The first-order valence-corrected chi connectivity index (χ1v) is 10.1. The van der Waals surface area contributed by atoms with E-state index in [2.05, 4.69) is 4.90 Å². The van der Waals surface area contributed by atoms with Gasteiger partial charge in [0, 0.05) is 44.3 Å². The first-order valence-electron chi connectivity index (χ1n) is 9.72. The van der Waals surface area contributed by atoms with Crippen molar-refractivity contribution in [3.05, 3.63) is 34.9 Å². The zero-order chi connectivity index (χ0) is 18.9. The number of carbonyl (C=O) groups is 2. The minimum absolute atomic E-state index is 0.155. The van der Waals surface area contributed by atoms with Gasteiger partial charge in [-0.05, 0) is 30.5 Å². The molecule has 0 radical (unpaired) electrons. The van der Waals surface area contributed by atoms with E-state index in [0.29, 0.717) is 51.0 Å². The summed E-state index contributed by atoms with van der Waals surface area (Å²) in [5.41, 5.74) is 0.688. The van der Waals surface area contributed by atoms with Crippen molar-refractivity contribution in [3.8, 4) is 0 Å². The summed E-state index contributed by atoms with van der Waals surface area (Å²) in [5, 5.41) is 0.689. The number of hydrogen-bond acceptors (Lipinski definition) is 4. The maximum absolute atomic E-state index is 13.1. The fourth-order valence-electron chi connectivity index (χ4n) is 4.03. The molecule has 1 aromatic carbocycles. The Balaban J connectivity index is 1.31. The van der Waals surface area contributed by atoms with Gasteiger partial charge in [0.2, 0.25) is 11.8 Å². The van der Waals surface area contributed by atoms with Gasteiger partial charge in [-0.2, -0.15) is 0 Å². The van der Waals surface area contributed by atoms with Gasteiger partial charge in [0.1, 0.15) is 0 Å². The monoisotopic (exact) mass is 391 g/mol. The summed E-state index contributed by atoms with van der Waals surface area (Å²) < 4.78 is 5.33. The third-order valence-corrected chi connectivity index (χ3v) is 6.19. The van der Waals surface area contributed by atoms with Crippen molar-refractivity contribution < 1.29 is 14.3 Å². The van der Waals surface area contributed by atoms with Crippen LogP contribution in [0.5, 0.6) is 0 Å². The number of carbonyl (C=O) groups excluding carboxylic acids is 2. The van der Waals surface area contributed by atoms with Crippen LogP contribution in [-0.2, 0) is 19.7 Å². The molecule has 3 fully saturated rings. The average molecular weight is 392 g/mol. The second-order valence-corrected chi connectivity index (χ2v) is 8.09. The summed E-state index contributed by atoms with van der Waals surface area (Å²) in [6.45, 7) is 5.93. The van der Waals surface area contributed by atoms with E-state index < -0.39 is 0 Å². The molecule has 0 aromatic heterocycles. The van der Waals surface area contributed by atoms with Crippen molar-refractivity contribution in [1.29, 1.82) is 0 Å². The minimum atomic E-state index is -0.370. The molecule has 27 heavy (non-hydrogen) atoms. The standard InChI is InChI=1S/C20H26ClN3O3/c21-17-3-1-16(2-4-17)20(5-6-20)19(26)24-9-7-23(8-10-24)18(25)15-22-11-13-27-14-12-22/h1-4H,5-15H2. The maximum Gasteiger partial charge on any atom is 0.236 e. The molecular formula is C20H26ClN3O3. The smallest absolute Gasteiger partial charge is 0.236 e. The highest BCUT2D eigenvalue weighted by Gasteiger charge is 2.53. The predicted molar refractivity (Wildman–Crippen MR) is 103 cm³/mol. The Morgan fingerprint density at radius 2 is 1.52 bits per heavy atom. The first kappa shape index (κ1) is 18.7. The van der Waals surface area contributed by atoms with Crippen LogP contribution in [0.1, 0.15) is 18.4 Å². The van der Waals surface area contributed by atoms with Crippen LogP contribution in [0.3, 0.4) is 0 Å². The number of benzene rings is 1. The lowest BCUT2D eigenvalue weighted by molar-refractivity contribution is -0.142. The molecule has 0 unspecified atom stereocenters. The molecule has 1 aromatic rings. The van der Waals surface area contributed by atoms with Crippen LogP contribution in [0, 0.1) is 0 Å². The van der Waals surface area contributed by atoms with Crippen LogP contribution < -0.4 is 0 Å². The molecule has 7 heteroatoms. The molecule has 2 saturated heterocycles. The van der Waals surface area contributed by atoms with Crippen LogP contribution in [0.4, 0.5) is 0 Å². The molecule has 4 rings (SSSR count). The van der Waals surface area contributed by atoms with Gasteiger partial charge in [-0.3, -0.25) is 14.5 Å². The Morgan fingerprint density at radius 1 is 0.926 bits per heavy atom. The van der Waals surface area contributed by atoms with Gasteiger partial charge in [-0.25, -0.2) is 0 Å². The lowest BCUT2D eigenvalue weighted by Crippen LogP contribution is -2.55. The molecule has 3 aliphatic rings. The Labute approximate surface area is 165 Å². The third-order valence-electron chi connectivity index (χ3n) is 5.94. The lowest BCUT2D eigenvalue weighted by Gasteiger charge is -2.37. The first-order chi connectivity index (χ1) is 13.1. The number of morpholine rings is 1. The number of rotatable bonds is 4. The molecule has 2 aliphatic heterocycles. The predicted octanol–water partition coefficient (Wildman–Crippen LogP) is 1.37. The van der Waals surface area contributed by atoms with Crippen LogP contribution in [0.15, 0.2) is 24.3 Å². The molecule has 0 atom stereocenters. The largest absolute Gasteiger partial charge is 0.379 e. The van der Waals surface area contributed by atoms with Crippen molar-refractivity contribution in [3.63, 3.8) is 0 Å². The van der Waals surface area contributed by atoms with Crippen molar-refractivity contribution >= 4 is 23.4 Å². The van der Waals surface area contributed by atoms with Crippen molar-refractivity contribution in [2.24, 2.45) is 0 Å². The number of halogens is 1. The zero-order valence-corrected chi connectivity index (χ0v) is 16.3. The Kier molecular flexibility index (Phi) is 5.39. The third kappa shape index (κ3) is 3.98. The van der Waals surface area contributed by atoms with Crippen LogP contribution in [0.2, 0.25) is 5.02 Å². The van der Waals surface area contributed by atoms with E-state index in [1.165, 1.54) is 0 Å². The Bertz CT molecular complexity index is 691. The minimum Gasteiger partial charge on any atom is -0.379 e. The molecule has 0 bridgehead atoms. The van der Waals surface area contributed by atoms with Gasteiger partial charge in [0.15, 0.2) is 0 Å². The normalized spacial score (nSPS) is 22.6. The average Bonchev–Trinajstić information content (AvgIpc) is 3.51. The van der Waals surface area contributed by atoms with Gasteiger partial charge < -0.3 is 14.5 Å². The quantitative estimate of drug-likeness (QED) is 0.778. The topological polar surface area (TPSA) is 53.1 Å². The summed E-state index contributed by atoms with van der Waals surface area (Å²) in [7, 11) is 0. The highest BCUT2D eigenvalue weighted by Crippen LogP contribution is 2.49. The maximum atomic E-state index is 13.1. The Morgan fingerprint density at radius 3 is 2.11 bits per heavy atom. The zero-order valence-electron chi connectivity index (χ0n) is 15.5. The van der Waals surface area contributed by atoms with Crippen LogP contribution >= 0.6 is 11.6 Å². The molecule has 2 amide bonds. The molecule has 6 nitrogen and oxygen atoms in total. The van der Waals surface area contributed by atoms with E-state index in [9.17, 15) is 9.59 Å². The summed E-state index contributed by atoms with van der Waals surface area (Å²) >= 11 is 5.98. The second-order valence-electron chi connectivity index (χ2n) is 7.65. The summed E-state index contributed by atoms with van der Waals surface area (Å²) in [5.74, 6) is 0.355. The Hall–Kier alpha value is -1.63. The fraction of sp³-hybridized carbons (Fsp3) is 0.600. The van der Waals surface area contributed by atoms with E-state index in [0.717, 1.165) is 31.5 Å². The molecule has 2 heterocycles. The SMILES string of the molecule is O=C(CN1CCOCC1)N1CCN(C(=O)C2(c3ccc(Cl)cc3)CC2)CC1. The number of nitrogens with zero attached hydrogens (tertiary/aromatic N) is 3. The van der Waals surface area contributed by atoms with Crippen molar-refractivity contribution in [1.82, 2.24) is 14.7 Å².